The van der Waals surface area contributed by atoms with Crippen molar-refractivity contribution in [2.75, 3.05) is 41.9 Å². The van der Waals surface area contributed by atoms with Crippen molar-refractivity contribution in [3.8, 4) is 0 Å². The zero-order valence-corrected chi connectivity index (χ0v) is 23.2. The zero-order valence-electron chi connectivity index (χ0n) is 23.2. The number of nitrogens with zero attached hydrogens (tertiary/aromatic N) is 4. The van der Waals surface area contributed by atoms with Gasteiger partial charge in [0.25, 0.3) is 0 Å². The van der Waals surface area contributed by atoms with Crippen molar-refractivity contribution in [3.63, 3.8) is 0 Å². The molecular weight excluding hydrogens is 526 g/mol. The molecule has 0 bridgehead atoms. The first-order valence-corrected chi connectivity index (χ1v) is 14.0. The van der Waals surface area contributed by atoms with Crippen LogP contribution in [0, 0.1) is 11.7 Å². The van der Waals surface area contributed by atoms with Crippen molar-refractivity contribution >= 4 is 28.8 Å². The number of benzene rings is 1. The molecule has 40 heavy (non-hydrogen) atoms. The first kappa shape index (κ1) is 28.6. The fraction of sp³-hybridized carbons (Fsp3) is 0.586. The number of ether oxygens (including phenoxy) is 1. The van der Waals surface area contributed by atoms with Crippen LogP contribution >= 0.6 is 0 Å². The number of aromatic nitrogens is 1. The van der Waals surface area contributed by atoms with E-state index in [2.05, 4.69) is 29.0 Å². The number of pyridine rings is 1. The van der Waals surface area contributed by atoms with E-state index in [4.69, 9.17) is 4.74 Å². The van der Waals surface area contributed by atoms with Crippen molar-refractivity contribution in [3.05, 3.63) is 41.8 Å². The molecule has 0 saturated carbocycles. The second kappa shape index (κ2) is 11.5. The molecular formula is C29H37F4N5O2. The SMILES string of the molecule is CO[C@H](C)C[C@H]1CC[C@@H](C)N1c1ccc2c(c1)N(C(=O)C1CCN(CC(F)(F)F)CC1)Cc1cc(F)cnc1N2. The topological polar surface area (TPSA) is 60.9 Å². The number of carbonyl (C=O) groups is 1. The molecule has 0 aliphatic carbocycles. The monoisotopic (exact) mass is 563 g/mol. The average Bonchev–Trinajstić information content (AvgIpc) is 3.18. The van der Waals surface area contributed by atoms with Gasteiger partial charge in [0.05, 0.1) is 36.8 Å². The molecule has 1 aromatic carbocycles. The summed E-state index contributed by atoms with van der Waals surface area (Å²) in [5.41, 5.74) is 2.87. The standard InChI is InChI=1S/C29H37F4N5O2/c1-18-4-5-23(12-19(2)40-3)38(18)24-6-7-25-26(14-24)37(16-21-13-22(30)15-34-27(21)35-25)28(39)20-8-10-36(11-9-20)17-29(31,32)33/h6-7,13-15,18-20,23H,4-5,8-12,16-17H2,1-3H3,(H,34,35)/t18-,19-,23-/m1/s1. The summed E-state index contributed by atoms with van der Waals surface area (Å²) in [6.07, 6.45) is 0.615. The first-order chi connectivity index (χ1) is 19.0. The predicted molar refractivity (Wildman–Crippen MR) is 146 cm³/mol. The summed E-state index contributed by atoms with van der Waals surface area (Å²) in [4.78, 5) is 23.7. The molecule has 3 aliphatic rings. The first-order valence-electron chi connectivity index (χ1n) is 14.0. The second-order valence-corrected chi connectivity index (χ2v) is 11.3. The Bertz CT molecular complexity index is 1220. The Labute approximate surface area is 232 Å². The van der Waals surface area contributed by atoms with Crippen LogP contribution in [-0.2, 0) is 16.1 Å². The van der Waals surface area contributed by atoms with Crippen molar-refractivity contribution in [2.45, 2.75) is 76.9 Å². The summed E-state index contributed by atoms with van der Waals surface area (Å²) in [7, 11) is 1.72. The minimum absolute atomic E-state index is 0.108. The highest BCUT2D eigenvalue weighted by Crippen LogP contribution is 2.42. The summed E-state index contributed by atoms with van der Waals surface area (Å²) in [5, 5.41) is 3.29. The summed E-state index contributed by atoms with van der Waals surface area (Å²) >= 11 is 0. The molecule has 1 N–H and O–H groups in total. The minimum atomic E-state index is -4.27. The third-order valence-electron chi connectivity index (χ3n) is 8.48. The molecule has 7 nitrogen and oxygen atoms in total. The largest absolute Gasteiger partial charge is 0.401 e. The molecule has 4 heterocycles. The Morgan fingerprint density at radius 2 is 1.93 bits per heavy atom. The Balaban J connectivity index is 1.46. The van der Waals surface area contributed by atoms with Gasteiger partial charge in [-0.15, -0.1) is 0 Å². The van der Waals surface area contributed by atoms with Gasteiger partial charge in [-0.2, -0.15) is 13.2 Å². The van der Waals surface area contributed by atoms with Gasteiger partial charge in [-0.3, -0.25) is 9.69 Å². The van der Waals surface area contributed by atoms with Gasteiger partial charge in [-0.25, -0.2) is 9.37 Å². The molecule has 1 aromatic heterocycles. The minimum Gasteiger partial charge on any atom is -0.382 e. The van der Waals surface area contributed by atoms with E-state index in [1.165, 1.54) is 11.0 Å². The van der Waals surface area contributed by atoms with Gasteiger partial charge < -0.3 is 19.9 Å². The summed E-state index contributed by atoms with van der Waals surface area (Å²) < 4.78 is 58.5. The molecule has 0 spiro atoms. The lowest BCUT2D eigenvalue weighted by atomic mass is 9.94. The van der Waals surface area contributed by atoms with Crippen LogP contribution in [0.1, 0.15) is 51.5 Å². The molecule has 0 radical (unpaired) electrons. The van der Waals surface area contributed by atoms with Crippen LogP contribution in [0.5, 0.6) is 0 Å². The van der Waals surface area contributed by atoms with E-state index in [1.807, 2.05) is 18.2 Å². The number of methoxy groups -OCH3 is 1. The smallest absolute Gasteiger partial charge is 0.382 e. The highest BCUT2D eigenvalue weighted by atomic mass is 19.4. The van der Waals surface area contributed by atoms with Crippen LogP contribution in [0.15, 0.2) is 30.5 Å². The molecule has 2 fully saturated rings. The van der Waals surface area contributed by atoms with Crippen molar-refractivity contribution in [1.82, 2.24) is 9.88 Å². The maximum absolute atomic E-state index is 14.2. The molecule has 2 aromatic rings. The fourth-order valence-electron chi connectivity index (χ4n) is 6.36. The van der Waals surface area contributed by atoms with Gasteiger partial charge in [-0.1, -0.05) is 0 Å². The van der Waals surface area contributed by atoms with Crippen LogP contribution in [0.25, 0.3) is 0 Å². The zero-order chi connectivity index (χ0) is 28.6. The van der Waals surface area contributed by atoms with Crippen LogP contribution in [0.2, 0.25) is 0 Å². The van der Waals surface area contributed by atoms with E-state index < -0.39 is 24.5 Å². The number of piperidine rings is 1. The second-order valence-electron chi connectivity index (χ2n) is 11.3. The van der Waals surface area contributed by atoms with Gasteiger partial charge in [0, 0.05) is 36.4 Å². The molecule has 2 saturated heterocycles. The Morgan fingerprint density at radius 3 is 2.62 bits per heavy atom. The van der Waals surface area contributed by atoms with Crippen LogP contribution in [0.3, 0.4) is 0 Å². The summed E-state index contributed by atoms with van der Waals surface area (Å²) in [6, 6.07) is 7.94. The lowest BCUT2D eigenvalue weighted by molar-refractivity contribution is -0.149. The van der Waals surface area contributed by atoms with E-state index in [9.17, 15) is 22.4 Å². The highest BCUT2D eigenvalue weighted by Gasteiger charge is 2.37. The van der Waals surface area contributed by atoms with Crippen molar-refractivity contribution < 1.29 is 27.1 Å². The van der Waals surface area contributed by atoms with Crippen molar-refractivity contribution in [2.24, 2.45) is 5.92 Å². The Kier molecular flexibility index (Phi) is 8.24. The predicted octanol–water partition coefficient (Wildman–Crippen LogP) is 5.87. The maximum Gasteiger partial charge on any atom is 0.401 e. The Hall–Kier alpha value is -2.92. The van der Waals surface area contributed by atoms with E-state index >= 15 is 0 Å². The van der Waals surface area contributed by atoms with Crippen LogP contribution in [-0.4, -0.2) is 66.9 Å². The maximum atomic E-state index is 14.2. The number of rotatable bonds is 6. The number of nitrogens with one attached hydrogen (secondary N) is 1. The molecule has 218 valence electrons. The number of fused-ring (bicyclic) bond motifs is 2. The normalized spacial score (nSPS) is 22.9. The molecule has 3 atom stereocenters. The van der Waals surface area contributed by atoms with Gasteiger partial charge in [0.2, 0.25) is 5.91 Å². The summed E-state index contributed by atoms with van der Waals surface area (Å²) in [5.74, 6) is -0.610. The lowest BCUT2D eigenvalue weighted by Crippen LogP contribution is -2.45. The van der Waals surface area contributed by atoms with E-state index in [0.29, 0.717) is 41.6 Å². The quantitative estimate of drug-likeness (QED) is 0.444. The number of alkyl halides is 3. The number of hydrogen-bond acceptors (Lipinski definition) is 6. The average molecular weight is 564 g/mol. The molecule has 5 rings (SSSR count). The third-order valence-corrected chi connectivity index (χ3v) is 8.48. The summed E-state index contributed by atoms with van der Waals surface area (Å²) in [6.45, 7) is 3.81. The van der Waals surface area contributed by atoms with Gasteiger partial charge >= 0.3 is 6.18 Å². The van der Waals surface area contributed by atoms with E-state index in [-0.39, 0.29) is 37.7 Å². The number of halogens is 4. The van der Waals surface area contributed by atoms with Crippen LogP contribution in [0.4, 0.5) is 40.4 Å². The van der Waals surface area contributed by atoms with Gasteiger partial charge in [0.15, 0.2) is 0 Å². The van der Waals surface area contributed by atoms with Gasteiger partial charge in [0.1, 0.15) is 11.6 Å². The lowest BCUT2D eigenvalue weighted by Gasteiger charge is -2.36. The molecule has 3 aliphatic heterocycles. The van der Waals surface area contributed by atoms with E-state index in [0.717, 1.165) is 31.1 Å². The highest BCUT2D eigenvalue weighted by molar-refractivity contribution is 6.00. The molecule has 1 amide bonds. The third kappa shape index (κ3) is 6.20. The number of anilines is 4. The van der Waals surface area contributed by atoms with Crippen molar-refractivity contribution in [1.29, 1.82) is 0 Å². The number of amides is 1. The fourth-order valence-corrected chi connectivity index (χ4v) is 6.36. The van der Waals surface area contributed by atoms with Gasteiger partial charge in [-0.05, 0) is 83.3 Å². The molecule has 11 heteroatoms. The number of hydrogen-bond donors (Lipinski definition) is 1. The van der Waals surface area contributed by atoms with E-state index in [1.54, 1.807) is 12.0 Å². The number of carbonyl (C=O) groups excluding carboxylic acids is 1. The Morgan fingerprint density at radius 1 is 1.18 bits per heavy atom. The number of likely N-dealkylation sites (tertiary alicyclic amines) is 1. The molecule has 0 unspecified atom stereocenters. The van der Waals surface area contributed by atoms with Crippen LogP contribution < -0.4 is 15.1 Å².